The second-order valence-corrected chi connectivity index (χ2v) is 9.90. The molecule has 0 bridgehead atoms. The molecule has 2 aromatic heterocycles. The maximum Gasteiger partial charge on any atom is 0.416 e. The Kier molecular flexibility index (Phi) is 6.52. The number of carbonyl (C=O) groups is 2. The standard InChI is InChI=1S/C27H27F3N8O2/c1-37(2)25(40)35-26(11-12-26)20-14-19(21-22(31)36-38(3)23(21)34-20)15-7-9-17(10-8-15)32-24(39)33-18-6-4-5-16(13-18)27(28,29)30/h4-10,13-14H,11-12H2,1-3H3,(H2,31,36)(H,35,40)(H2,32,33,39). The Morgan fingerprint density at radius 2 is 1.70 bits per heavy atom. The average Bonchev–Trinajstić information content (AvgIpc) is 3.62. The minimum atomic E-state index is -4.52. The first-order valence-corrected chi connectivity index (χ1v) is 12.4. The Morgan fingerprint density at radius 1 is 1.02 bits per heavy atom. The smallest absolute Gasteiger partial charge is 0.382 e. The number of alkyl halides is 3. The number of rotatable bonds is 5. The molecule has 4 aromatic rings. The lowest BCUT2D eigenvalue weighted by Gasteiger charge is -2.21. The van der Waals surface area contributed by atoms with Gasteiger partial charge in [-0.15, -0.1) is 0 Å². The summed E-state index contributed by atoms with van der Waals surface area (Å²) in [7, 11) is 5.09. The van der Waals surface area contributed by atoms with Gasteiger partial charge in [-0.25, -0.2) is 19.3 Å². The zero-order chi connectivity index (χ0) is 28.8. The summed E-state index contributed by atoms with van der Waals surface area (Å²) >= 11 is 0. The summed E-state index contributed by atoms with van der Waals surface area (Å²) in [4.78, 5) is 31.1. The number of fused-ring (bicyclic) bond motifs is 1. The predicted molar refractivity (Wildman–Crippen MR) is 146 cm³/mol. The number of hydrogen-bond donors (Lipinski definition) is 4. The van der Waals surface area contributed by atoms with E-state index in [1.54, 1.807) is 50.1 Å². The van der Waals surface area contributed by atoms with E-state index < -0.39 is 23.3 Å². The number of nitrogens with one attached hydrogen (secondary N) is 3. The lowest BCUT2D eigenvalue weighted by atomic mass is 9.99. The Hall–Kier alpha value is -4.81. The molecule has 0 radical (unpaired) electrons. The Morgan fingerprint density at radius 3 is 2.33 bits per heavy atom. The van der Waals surface area contributed by atoms with Crippen molar-refractivity contribution in [2.45, 2.75) is 24.6 Å². The molecule has 0 unspecified atom stereocenters. The van der Waals surface area contributed by atoms with Gasteiger partial charge in [-0.1, -0.05) is 18.2 Å². The number of benzene rings is 2. The number of pyridine rings is 1. The third-order valence-electron chi connectivity index (χ3n) is 6.71. The number of amides is 4. The minimum Gasteiger partial charge on any atom is -0.382 e. The predicted octanol–water partition coefficient (Wildman–Crippen LogP) is 5.14. The molecule has 1 saturated carbocycles. The molecule has 0 atom stereocenters. The highest BCUT2D eigenvalue weighted by Gasteiger charge is 2.48. The topological polar surface area (TPSA) is 130 Å². The van der Waals surface area contributed by atoms with E-state index in [4.69, 9.17) is 10.7 Å². The summed E-state index contributed by atoms with van der Waals surface area (Å²) in [6, 6.07) is 12.3. The van der Waals surface area contributed by atoms with Gasteiger partial charge in [-0.3, -0.25) is 0 Å². The van der Waals surface area contributed by atoms with Gasteiger partial charge < -0.3 is 26.6 Å². The van der Waals surface area contributed by atoms with E-state index in [0.717, 1.165) is 36.1 Å². The molecule has 2 aromatic carbocycles. The van der Waals surface area contributed by atoms with Gasteiger partial charge in [0.05, 0.1) is 22.2 Å². The molecule has 0 saturated heterocycles. The number of halogens is 3. The fourth-order valence-corrected chi connectivity index (χ4v) is 4.44. The van der Waals surface area contributed by atoms with Gasteiger partial charge in [0.1, 0.15) is 0 Å². The first-order valence-electron chi connectivity index (χ1n) is 12.4. The highest BCUT2D eigenvalue weighted by atomic mass is 19.4. The van der Waals surface area contributed by atoms with E-state index in [1.807, 2.05) is 6.07 Å². The molecule has 5 N–H and O–H groups in total. The number of aryl methyl sites for hydroxylation is 1. The van der Waals surface area contributed by atoms with Crippen LogP contribution >= 0.6 is 0 Å². The third kappa shape index (κ3) is 5.22. The van der Waals surface area contributed by atoms with Crippen LogP contribution in [0, 0.1) is 0 Å². The van der Waals surface area contributed by atoms with Crippen LogP contribution in [0.3, 0.4) is 0 Å². The number of nitrogens with zero attached hydrogens (tertiary/aromatic N) is 4. The van der Waals surface area contributed by atoms with E-state index in [9.17, 15) is 22.8 Å². The van der Waals surface area contributed by atoms with Crippen molar-refractivity contribution in [3.8, 4) is 11.1 Å². The minimum absolute atomic E-state index is 0.0121. The largest absolute Gasteiger partial charge is 0.416 e. The van der Waals surface area contributed by atoms with Crippen LogP contribution in [0.4, 0.5) is 40.0 Å². The fraction of sp³-hybridized carbons (Fsp3) is 0.259. The van der Waals surface area contributed by atoms with Crippen LogP contribution in [0.15, 0.2) is 54.6 Å². The summed E-state index contributed by atoms with van der Waals surface area (Å²) in [6.07, 6.45) is -3.04. The molecule has 40 heavy (non-hydrogen) atoms. The molecule has 1 aliphatic rings. The van der Waals surface area contributed by atoms with Crippen molar-refractivity contribution in [2.75, 3.05) is 30.5 Å². The first kappa shape index (κ1) is 26.8. The highest BCUT2D eigenvalue weighted by Crippen LogP contribution is 2.47. The number of aromatic nitrogens is 3. The van der Waals surface area contributed by atoms with Gasteiger partial charge in [0.2, 0.25) is 0 Å². The maximum atomic E-state index is 13.0. The number of nitrogen functional groups attached to an aromatic ring is 1. The fourth-order valence-electron chi connectivity index (χ4n) is 4.44. The lowest BCUT2D eigenvalue weighted by molar-refractivity contribution is -0.137. The summed E-state index contributed by atoms with van der Waals surface area (Å²) in [5.41, 5.74) is 8.01. The van der Waals surface area contributed by atoms with E-state index in [-0.39, 0.29) is 11.7 Å². The van der Waals surface area contributed by atoms with Gasteiger partial charge in [0, 0.05) is 32.5 Å². The number of urea groups is 2. The van der Waals surface area contributed by atoms with Gasteiger partial charge in [0.25, 0.3) is 0 Å². The summed E-state index contributed by atoms with van der Waals surface area (Å²) in [5.74, 6) is 0.302. The van der Waals surface area contributed by atoms with E-state index in [0.29, 0.717) is 28.2 Å². The van der Waals surface area contributed by atoms with Crippen LogP contribution in [0.1, 0.15) is 24.1 Å². The monoisotopic (exact) mass is 552 g/mol. The summed E-state index contributed by atoms with van der Waals surface area (Å²) < 4.78 is 40.5. The summed E-state index contributed by atoms with van der Waals surface area (Å²) in [6.45, 7) is 0. The van der Waals surface area contributed by atoms with Gasteiger partial charge in [-0.2, -0.15) is 18.3 Å². The molecule has 13 heteroatoms. The second-order valence-electron chi connectivity index (χ2n) is 9.90. The van der Waals surface area contributed by atoms with Crippen LogP contribution in [0.5, 0.6) is 0 Å². The van der Waals surface area contributed by atoms with Crippen molar-refractivity contribution in [2.24, 2.45) is 7.05 Å². The van der Waals surface area contributed by atoms with Crippen LogP contribution in [0.2, 0.25) is 0 Å². The van der Waals surface area contributed by atoms with Gasteiger partial charge in [0.15, 0.2) is 11.5 Å². The van der Waals surface area contributed by atoms with Crippen LogP contribution in [0.25, 0.3) is 22.2 Å². The van der Waals surface area contributed by atoms with Crippen LogP contribution < -0.4 is 21.7 Å². The maximum absolute atomic E-state index is 13.0. The molecule has 1 fully saturated rings. The molecule has 208 valence electrons. The molecule has 10 nitrogen and oxygen atoms in total. The molecule has 0 spiro atoms. The van der Waals surface area contributed by atoms with Gasteiger partial charge in [-0.05, 0) is 60.4 Å². The van der Waals surface area contributed by atoms with Crippen molar-refractivity contribution in [1.82, 2.24) is 25.0 Å². The van der Waals surface area contributed by atoms with E-state index in [2.05, 4.69) is 21.0 Å². The van der Waals surface area contributed by atoms with E-state index >= 15 is 0 Å². The molecular formula is C27H27F3N8O2. The Labute approximate surface area is 227 Å². The van der Waals surface area contributed by atoms with E-state index in [1.165, 1.54) is 17.0 Å². The zero-order valence-corrected chi connectivity index (χ0v) is 21.9. The Bertz CT molecular complexity index is 1610. The molecular weight excluding hydrogens is 525 g/mol. The quantitative estimate of drug-likeness (QED) is 0.272. The molecule has 4 amide bonds. The zero-order valence-electron chi connectivity index (χ0n) is 21.9. The molecule has 5 rings (SSSR count). The normalized spacial score (nSPS) is 14.1. The van der Waals surface area contributed by atoms with Crippen molar-refractivity contribution in [1.29, 1.82) is 0 Å². The number of anilines is 3. The van der Waals surface area contributed by atoms with Crippen molar-refractivity contribution >= 4 is 40.3 Å². The Balaban J connectivity index is 1.41. The number of carbonyl (C=O) groups excluding carboxylic acids is 2. The number of nitrogens with two attached hydrogens (primary N) is 1. The lowest BCUT2D eigenvalue weighted by Crippen LogP contribution is -2.42. The highest BCUT2D eigenvalue weighted by molar-refractivity contribution is 6.02. The molecule has 0 aliphatic heterocycles. The van der Waals surface area contributed by atoms with Gasteiger partial charge >= 0.3 is 18.2 Å². The first-order chi connectivity index (χ1) is 18.9. The van der Waals surface area contributed by atoms with Crippen LogP contribution in [-0.4, -0.2) is 45.8 Å². The van der Waals surface area contributed by atoms with Crippen LogP contribution in [-0.2, 0) is 18.8 Å². The van der Waals surface area contributed by atoms with Crippen molar-refractivity contribution in [3.63, 3.8) is 0 Å². The number of hydrogen-bond acceptors (Lipinski definition) is 5. The second kappa shape index (κ2) is 9.74. The summed E-state index contributed by atoms with van der Waals surface area (Å²) in [5, 5.41) is 13.1. The SMILES string of the molecule is CN(C)C(=O)NC1(c2cc(-c3ccc(NC(=O)Nc4cccc(C(F)(F)F)c4)cc3)c3c(N)nn(C)c3n2)CC1. The average molecular weight is 553 g/mol. The molecule has 1 aliphatic carbocycles. The van der Waals surface area contributed by atoms with Crippen molar-refractivity contribution in [3.05, 3.63) is 65.9 Å². The van der Waals surface area contributed by atoms with Crippen molar-refractivity contribution < 1.29 is 22.8 Å². The molecule has 2 heterocycles. The third-order valence-corrected chi connectivity index (χ3v) is 6.71.